The molecule has 0 aliphatic heterocycles. The lowest BCUT2D eigenvalue weighted by Crippen LogP contribution is -2.33. The van der Waals surface area contributed by atoms with Gasteiger partial charge in [-0.1, -0.05) is 18.2 Å². The van der Waals surface area contributed by atoms with E-state index in [0.29, 0.717) is 6.54 Å². The lowest BCUT2D eigenvalue weighted by molar-refractivity contribution is 0.0113. The summed E-state index contributed by atoms with van der Waals surface area (Å²) in [6.45, 7) is 2.44. The van der Waals surface area contributed by atoms with E-state index in [0.717, 1.165) is 16.5 Å². The minimum Gasteiger partial charge on any atom is -0.372 e. The van der Waals surface area contributed by atoms with Crippen LogP contribution < -0.4 is 5.73 Å². The molecule has 0 saturated heterocycles. The molecule has 1 unspecified atom stereocenters. The molecule has 84 valence electrons. The molecule has 3 heteroatoms. The number of benzene rings is 1. The third-order valence-corrected chi connectivity index (χ3v) is 3.06. The number of aromatic nitrogens is 1. The van der Waals surface area contributed by atoms with Crippen LogP contribution in [0, 0.1) is 0 Å². The predicted octanol–water partition coefficient (Wildman–Crippen LogP) is 2.06. The lowest BCUT2D eigenvalue weighted by Gasteiger charge is -2.28. The monoisotopic (exact) mass is 216 g/mol. The molecule has 2 rings (SSSR count). The second kappa shape index (κ2) is 4.20. The molecule has 0 saturated carbocycles. The molecule has 0 fully saturated rings. The van der Waals surface area contributed by atoms with E-state index >= 15 is 0 Å². The van der Waals surface area contributed by atoms with Crippen molar-refractivity contribution < 1.29 is 4.74 Å². The number of ether oxygens (including phenoxy) is 1. The zero-order valence-electron chi connectivity index (χ0n) is 9.60. The van der Waals surface area contributed by atoms with Crippen LogP contribution in [0.15, 0.2) is 36.5 Å². The molecule has 1 aromatic carbocycles. The van der Waals surface area contributed by atoms with Crippen molar-refractivity contribution in [1.82, 2.24) is 4.98 Å². The molecule has 0 bridgehead atoms. The van der Waals surface area contributed by atoms with E-state index in [2.05, 4.69) is 4.98 Å². The smallest absolute Gasteiger partial charge is 0.103 e. The SMILES string of the molecule is COC(C)(CN)c1ccnc2ccccc12. The van der Waals surface area contributed by atoms with Crippen LogP contribution in [0.2, 0.25) is 0 Å². The van der Waals surface area contributed by atoms with Crippen LogP contribution in [0.1, 0.15) is 12.5 Å². The minimum atomic E-state index is -0.456. The summed E-state index contributed by atoms with van der Waals surface area (Å²) in [5.41, 5.74) is 7.39. The first-order valence-electron chi connectivity index (χ1n) is 5.31. The Labute approximate surface area is 95.2 Å². The highest BCUT2D eigenvalue weighted by Crippen LogP contribution is 2.29. The van der Waals surface area contributed by atoms with Crippen molar-refractivity contribution in [3.63, 3.8) is 0 Å². The first kappa shape index (κ1) is 11.0. The molecular formula is C13H16N2O. The second-order valence-corrected chi connectivity index (χ2v) is 4.01. The van der Waals surface area contributed by atoms with Gasteiger partial charge in [0.25, 0.3) is 0 Å². The number of nitrogens with two attached hydrogens (primary N) is 1. The second-order valence-electron chi connectivity index (χ2n) is 4.01. The summed E-state index contributed by atoms with van der Waals surface area (Å²) in [5, 5.41) is 1.10. The van der Waals surface area contributed by atoms with Crippen molar-refractivity contribution in [1.29, 1.82) is 0 Å². The molecular weight excluding hydrogens is 200 g/mol. The third-order valence-electron chi connectivity index (χ3n) is 3.06. The number of rotatable bonds is 3. The number of pyridine rings is 1. The molecule has 1 heterocycles. The first-order valence-corrected chi connectivity index (χ1v) is 5.31. The third kappa shape index (κ3) is 1.68. The molecule has 0 aliphatic rings. The fraction of sp³-hybridized carbons (Fsp3) is 0.308. The molecule has 0 amide bonds. The van der Waals surface area contributed by atoms with Crippen molar-refractivity contribution in [2.75, 3.05) is 13.7 Å². The molecule has 2 N–H and O–H groups in total. The Balaban J connectivity index is 2.69. The van der Waals surface area contributed by atoms with Gasteiger partial charge >= 0.3 is 0 Å². The Bertz CT molecular complexity index is 487. The van der Waals surface area contributed by atoms with E-state index in [1.54, 1.807) is 13.3 Å². The zero-order chi connectivity index (χ0) is 11.6. The summed E-state index contributed by atoms with van der Waals surface area (Å²) in [6.07, 6.45) is 1.80. The van der Waals surface area contributed by atoms with E-state index in [9.17, 15) is 0 Å². The van der Waals surface area contributed by atoms with Gasteiger partial charge in [-0.15, -0.1) is 0 Å². The zero-order valence-corrected chi connectivity index (χ0v) is 9.60. The Kier molecular flexibility index (Phi) is 2.90. The topological polar surface area (TPSA) is 48.1 Å². The standard InChI is InChI=1S/C13H16N2O/c1-13(9-14,16-2)11-7-8-15-12-6-4-3-5-10(11)12/h3-8H,9,14H2,1-2H3. The van der Waals surface area contributed by atoms with Crippen LogP contribution in [-0.2, 0) is 10.3 Å². The number of hydrogen-bond donors (Lipinski definition) is 1. The van der Waals surface area contributed by atoms with Crippen molar-refractivity contribution in [2.45, 2.75) is 12.5 Å². The highest BCUT2D eigenvalue weighted by Gasteiger charge is 2.26. The van der Waals surface area contributed by atoms with Crippen LogP contribution in [-0.4, -0.2) is 18.6 Å². The quantitative estimate of drug-likeness (QED) is 0.854. The van der Waals surface area contributed by atoms with Gasteiger partial charge in [0.05, 0.1) is 5.52 Å². The van der Waals surface area contributed by atoms with Crippen LogP contribution in [0.5, 0.6) is 0 Å². The van der Waals surface area contributed by atoms with Crippen LogP contribution in [0.3, 0.4) is 0 Å². The first-order chi connectivity index (χ1) is 7.71. The van der Waals surface area contributed by atoms with Crippen molar-refractivity contribution in [3.8, 4) is 0 Å². The van der Waals surface area contributed by atoms with Gasteiger partial charge in [0.1, 0.15) is 5.60 Å². The van der Waals surface area contributed by atoms with Gasteiger partial charge in [0, 0.05) is 25.2 Å². The number of methoxy groups -OCH3 is 1. The van der Waals surface area contributed by atoms with Crippen LogP contribution in [0.4, 0.5) is 0 Å². The summed E-state index contributed by atoms with van der Waals surface area (Å²) < 4.78 is 5.53. The summed E-state index contributed by atoms with van der Waals surface area (Å²) in [5.74, 6) is 0. The number of fused-ring (bicyclic) bond motifs is 1. The minimum absolute atomic E-state index is 0.442. The van der Waals surface area contributed by atoms with E-state index in [1.165, 1.54) is 0 Å². The highest BCUT2D eigenvalue weighted by atomic mass is 16.5. The normalized spacial score (nSPS) is 14.9. The number of nitrogens with zero attached hydrogens (tertiary/aromatic N) is 1. The van der Waals surface area contributed by atoms with Gasteiger partial charge in [-0.05, 0) is 24.6 Å². The van der Waals surface area contributed by atoms with Gasteiger partial charge < -0.3 is 10.5 Å². The lowest BCUT2D eigenvalue weighted by atomic mass is 9.93. The Morgan fingerprint density at radius 3 is 2.75 bits per heavy atom. The molecule has 0 radical (unpaired) electrons. The van der Waals surface area contributed by atoms with Gasteiger partial charge in [-0.3, -0.25) is 4.98 Å². The fourth-order valence-corrected chi connectivity index (χ4v) is 1.86. The van der Waals surface area contributed by atoms with Crippen molar-refractivity contribution >= 4 is 10.9 Å². The summed E-state index contributed by atoms with van der Waals surface area (Å²) in [7, 11) is 1.68. The van der Waals surface area contributed by atoms with Gasteiger partial charge in [0.15, 0.2) is 0 Å². The summed E-state index contributed by atoms with van der Waals surface area (Å²) >= 11 is 0. The molecule has 1 aromatic heterocycles. The Hall–Kier alpha value is -1.45. The number of para-hydroxylation sites is 1. The van der Waals surface area contributed by atoms with Crippen molar-refractivity contribution in [2.24, 2.45) is 5.73 Å². The van der Waals surface area contributed by atoms with Gasteiger partial charge in [0.2, 0.25) is 0 Å². The molecule has 0 spiro atoms. The maximum Gasteiger partial charge on any atom is 0.103 e. The fourth-order valence-electron chi connectivity index (χ4n) is 1.86. The van der Waals surface area contributed by atoms with Crippen LogP contribution in [0.25, 0.3) is 10.9 Å². The van der Waals surface area contributed by atoms with Crippen LogP contribution >= 0.6 is 0 Å². The number of hydrogen-bond acceptors (Lipinski definition) is 3. The van der Waals surface area contributed by atoms with E-state index < -0.39 is 5.60 Å². The van der Waals surface area contributed by atoms with Gasteiger partial charge in [-0.25, -0.2) is 0 Å². The Morgan fingerprint density at radius 1 is 1.31 bits per heavy atom. The van der Waals surface area contributed by atoms with E-state index in [1.807, 2.05) is 37.3 Å². The average Bonchev–Trinajstić information content (AvgIpc) is 2.37. The molecule has 2 aromatic rings. The summed E-state index contributed by atoms with van der Waals surface area (Å²) in [6, 6.07) is 9.99. The predicted molar refractivity (Wildman–Crippen MR) is 65.2 cm³/mol. The average molecular weight is 216 g/mol. The largest absolute Gasteiger partial charge is 0.372 e. The van der Waals surface area contributed by atoms with E-state index in [-0.39, 0.29) is 0 Å². The molecule has 16 heavy (non-hydrogen) atoms. The van der Waals surface area contributed by atoms with E-state index in [4.69, 9.17) is 10.5 Å². The molecule has 0 aliphatic carbocycles. The molecule has 1 atom stereocenters. The Morgan fingerprint density at radius 2 is 2.06 bits per heavy atom. The van der Waals surface area contributed by atoms with Gasteiger partial charge in [-0.2, -0.15) is 0 Å². The maximum absolute atomic E-state index is 5.80. The summed E-state index contributed by atoms with van der Waals surface area (Å²) in [4.78, 5) is 4.33. The highest BCUT2D eigenvalue weighted by molar-refractivity contribution is 5.82. The molecule has 3 nitrogen and oxygen atoms in total. The van der Waals surface area contributed by atoms with Crippen molar-refractivity contribution in [3.05, 3.63) is 42.1 Å². The maximum atomic E-state index is 5.80.